The number of likely N-dealkylation sites (tertiary alicyclic amines) is 1. The van der Waals surface area contributed by atoms with Crippen LogP contribution in [0.25, 0.3) is 0 Å². The highest BCUT2D eigenvalue weighted by molar-refractivity contribution is 5.82. The molecule has 0 spiro atoms. The van der Waals surface area contributed by atoms with Crippen LogP contribution in [0, 0.1) is 0 Å². The van der Waals surface area contributed by atoms with Gasteiger partial charge in [0, 0.05) is 19.7 Å². The van der Waals surface area contributed by atoms with E-state index in [2.05, 4.69) is 15.5 Å². The lowest BCUT2D eigenvalue weighted by atomic mass is 10.2. The molecule has 18 heavy (non-hydrogen) atoms. The highest BCUT2D eigenvalue weighted by atomic mass is 16.5. The molecule has 0 bridgehead atoms. The van der Waals surface area contributed by atoms with Gasteiger partial charge in [-0.15, -0.1) is 0 Å². The summed E-state index contributed by atoms with van der Waals surface area (Å²) in [7, 11) is 3.41. The number of methoxy groups -OCH3 is 1. The van der Waals surface area contributed by atoms with Gasteiger partial charge in [-0.05, 0) is 26.4 Å². The summed E-state index contributed by atoms with van der Waals surface area (Å²) in [6.07, 6.45) is 2.18. The molecule has 0 radical (unpaired) electrons. The van der Waals surface area contributed by atoms with Gasteiger partial charge in [-0.2, -0.15) is 0 Å². The van der Waals surface area contributed by atoms with E-state index in [-0.39, 0.29) is 6.61 Å². The molecule has 0 saturated carbocycles. The predicted molar refractivity (Wildman–Crippen MR) is 65.5 cm³/mol. The maximum atomic E-state index is 11.5. The van der Waals surface area contributed by atoms with E-state index in [0.29, 0.717) is 12.6 Å². The Morgan fingerprint density at radius 2 is 2.28 bits per heavy atom. The molecule has 3 N–H and O–H groups in total. The van der Waals surface area contributed by atoms with Gasteiger partial charge in [0.05, 0.1) is 6.61 Å². The van der Waals surface area contributed by atoms with Crippen molar-refractivity contribution in [2.45, 2.75) is 24.9 Å². The molecule has 1 aliphatic rings. The SMILES string of the molecule is COCC(NC(=O)NCC1CCCN1C)C(=O)O. The predicted octanol–water partition coefficient (Wildman–Crippen LogP) is -0.521. The zero-order valence-electron chi connectivity index (χ0n) is 10.8. The average molecular weight is 259 g/mol. The fourth-order valence-corrected chi connectivity index (χ4v) is 2.00. The summed E-state index contributed by atoms with van der Waals surface area (Å²) >= 11 is 0. The van der Waals surface area contributed by atoms with Crippen molar-refractivity contribution in [1.82, 2.24) is 15.5 Å². The van der Waals surface area contributed by atoms with Crippen molar-refractivity contribution in [1.29, 1.82) is 0 Å². The van der Waals surface area contributed by atoms with Crippen molar-refractivity contribution in [3.8, 4) is 0 Å². The quantitative estimate of drug-likeness (QED) is 0.597. The van der Waals surface area contributed by atoms with Crippen molar-refractivity contribution in [3.63, 3.8) is 0 Å². The first-order chi connectivity index (χ1) is 8.54. The number of carbonyl (C=O) groups is 2. The monoisotopic (exact) mass is 259 g/mol. The number of carboxylic acid groups (broad SMARTS) is 1. The topological polar surface area (TPSA) is 90.9 Å². The van der Waals surface area contributed by atoms with Crippen LogP contribution in [0.3, 0.4) is 0 Å². The van der Waals surface area contributed by atoms with Crippen LogP contribution < -0.4 is 10.6 Å². The van der Waals surface area contributed by atoms with Gasteiger partial charge in [-0.1, -0.05) is 0 Å². The van der Waals surface area contributed by atoms with Crippen molar-refractivity contribution in [2.24, 2.45) is 0 Å². The molecule has 7 heteroatoms. The van der Waals surface area contributed by atoms with Crippen LogP contribution in [0.2, 0.25) is 0 Å². The van der Waals surface area contributed by atoms with Gasteiger partial charge in [0.25, 0.3) is 0 Å². The second kappa shape index (κ2) is 7.17. The van der Waals surface area contributed by atoms with Crippen LogP contribution in [0.15, 0.2) is 0 Å². The van der Waals surface area contributed by atoms with Gasteiger partial charge in [0.1, 0.15) is 0 Å². The van der Waals surface area contributed by atoms with E-state index in [1.165, 1.54) is 7.11 Å². The highest BCUT2D eigenvalue weighted by Gasteiger charge is 2.23. The molecule has 104 valence electrons. The van der Waals surface area contributed by atoms with E-state index in [4.69, 9.17) is 9.84 Å². The van der Waals surface area contributed by atoms with Gasteiger partial charge in [0.15, 0.2) is 6.04 Å². The average Bonchev–Trinajstić information content (AvgIpc) is 2.71. The lowest BCUT2D eigenvalue weighted by molar-refractivity contribution is -0.140. The van der Waals surface area contributed by atoms with Crippen LogP contribution >= 0.6 is 0 Å². The zero-order chi connectivity index (χ0) is 13.5. The summed E-state index contributed by atoms with van der Waals surface area (Å²) in [6, 6.07) is -1.16. The molecule has 1 fully saturated rings. The minimum atomic E-state index is -1.11. The first-order valence-electron chi connectivity index (χ1n) is 6.01. The number of rotatable bonds is 6. The number of nitrogens with zero attached hydrogens (tertiary/aromatic N) is 1. The molecule has 2 unspecified atom stereocenters. The summed E-state index contributed by atoms with van der Waals surface area (Å²) in [5, 5.41) is 13.9. The molecule has 0 aromatic carbocycles. The molecule has 0 aromatic heterocycles. The molecular weight excluding hydrogens is 238 g/mol. The van der Waals surface area contributed by atoms with E-state index in [9.17, 15) is 9.59 Å². The van der Waals surface area contributed by atoms with Crippen molar-refractivity contribution < 1.29 is 19.4 Å². The lowest BCUT2D eigenvalue weighted by Crippen LogP contribution is -2.50. The van der Waals surface area contributed by atoms with Gasteiger partial charge in [0.2, 0.25) is 0 Å². The second-order valence-corrected chi connectivity index (χ2v) is 4.48. The molecule has 1 rings (SSSR count). The van der Waals surface area contributed by atoms with Crippen LogP contribution in [0.4, 0.5) is 4.79 Å². The number of hydrogen-bond acceptors (Lipinski definition) is 4. The third-order valence-electron chi connectivity index (χ3n) is 3.11. The maximum absolute atomic E-state index is 11.5. The summed E-state index contributed by atoms with van der Waals surface area (Å²) in [5.41, 5.74) is 0. The Labute approximate surface area is 106 Å². The number of nitrogens with one attached hydrogen (secondary N) is 2. The Morgan fingerprint density at radius 1 is 1.56 bits per heavy atom. The fraction of sp³-hybridized carbons (Fsp3) is 0.818. The van der Waals surface area contributed by atoms with E-state index < -0.39 is 18.0 Å². The maximum Gasteiger partial charge on any atom is 0.328 e. The Balaban J connectivity index is 2.29. The van der Waals surface area contributed by atoms with Gasteiger partial charge >= 0.3 is 12.0 Å². The first kappa shape index (κ1) is 14.7. The molecule has 0 aliphatic carbocycles. The molecule has 1 aliphatic heterocycles. The van der Waals surface area contributed by atoms with E-state index in [1.807, 2.05) is 7.05 Å². The first-order valence-corrected chi connectivity index (χ1v) is 6.01. The summed E-state index contributed by atoms with van der Waals surface area (Å²) in [6.45, 7) is 1.52. The van der Waals surface area contributed by atoms with Crippen LogP contribution in [-0.2, 0) is 9.53 Å². The van der Waals surface area contributed by atoms with Gasteiger partial charge in [-0.3, -0.25) is 0 Å². The van der Waals surface area contributed by atoms with Crippen LogP contribution in [0.1, 0.15) is 12.8 Å². The minimum Gasteiger partial charge on any atom is -0.480 e. The summed E-state index contributed by atoms with van der Waals surface area (Å²) < 4.78 is 4.73. The summed E-state index contributed by atoms with van der Waals surface area (Å²) in [4.78, 5) is 24.5. The number of carboxylic acids is 1. The van der Waals surface area contributed by atoms with Crippen molar-refractivity contribution in [2.75, 3.05) is 33.9 Å². The Kier molecular flexibility index (Phi) is 5.87. The standard InChI is InChI=1S/C11H21N3O4/c1-14-5-3-4-8(14)6-12-11(17)13-9(7-18-2)10(15)16/h8-9H,3-7H2,1-2H3,(H,15,16)(H2,12,13,17). The Morgan fingerprint density at radius 3 is 2.78 bits per heavy atom. The minimum absolute atomic E-state index is 0.0495. The molecule has 0 aromatic rings. The molecule has 1 saturated heterocycles. The van der Waals surface area contributed by atoms with Crippen LogP contribution in [0.5, 0.6) is 0 Å². The molecule has 1 heterocycles. The zero-order valence-corrected chi connectivity index (χ0v) is 10.8. The van der Waals surface area contributed by atoms with Gasteiger partial charge in [-0.25, -0.2) is 9.59 Å². The number of urea groups is 1. The largest absolute Gasteiger partial charge is 0.480 e. The second-order valence-electron chi connectivity index (χ2n) is 4.48. The fourth-order valence-electron chi connectivity index (χ4n) is 2.00. The van der Waals surface area contributed by atoms with E-state index >= 15 is 0 Å². The smallest absolute Gasteiger partial charge is 0.328 e. The van der Waals surface area contributed by atoms with E-state index in [0.717, 1.165) is 19.4 Å². The molecule has 2 atom stereocenters. The van der Waals surface area contributed by atoms with Gasteiger partial charge < -0.3 is 25.4 Å². The van der Waals surface area contributed by atoms with Crippen molar-refractivity contribution in [3.05, 3.63) is 0 Å². The highest BCUT2D eigenvalue weighted by Crippen LogP contribution is 2.13. The number of amides is 2. The number of hydrogen-bond donors (Lipinski definition) is 3. The Hall–Kier alpha value is -1.34. The third-order valence-corrected chi connectivity index (χ3v) is 3.11. The van der Waals surface area contributed by atoms with E-state index in [1.54, 1.807) is 0 Å². The van der Waals surface area contributed by atoms with Crippen LogP contribution in [-0.4, -0.2) is 67.9 Å². The number of carbonyl (C=O) groups excluding carboxylic acids is 1. The lowest BCUT2D eigenvalue weighted by Gasteiger charge is -2.20. The number of ether oxygens (including phenoxy) is 1. The summed E-state index contributed by atoms with van der Waals surface area (Å²) in [5.74, 6) is -1.11. The number of aliphatic carboxylic acids is 1. The molecular formula is C11H21N3O4. The normalized spacial score (nSPS) is 21.6. The van der Waals surface area contributed by atoms with Crippen molar-refractivity contribution >= 4 is 12.0 Å². The molecule has 2 amide bonds. The molecule has 7 nitrogen and oxygen atoms in total. The number of likely N-dealkylation sites (N-methyl/N-ethyl adjacent to an activating group) is 1. The third kappa shape index (κ3) is 4.50. The Bertz CT molecular complexity index is 298.